The number of amides is 5. The van der Waals surface area contributed by atoms with Gasteiger partial charge in [0.05, 0.1) is 52.8 Å². The third kappa shape index (κ3) is 32.0. The zero-order valence-electron chi connectivity index (χ0n) is 56.1. The number of allylic oxidation sites excluding steroid dienone is 2. The largest absolute Gasteiger partial charge is 0.456 e. The fourth-order valence-electron chi connectivity index (χ4n) is 9.76. The van der Waals surface area contributed by atoms with Crippen molar-refractivity contribution in [2.45, 2.75) is 194 Å². The maximum Gasteiger partial charge on any atom is 0.334 e. The molecule has 514 valence electrons. The number of cyclic esters (lactones) is 2. The number of unbranched alkanes of at least 4 members (excludes halogenated alkanes) is 2. The van der Waals surface area contributed by atoms with E-state index in [2.05, 4.69) is 20.9 Å². The van der Waals surface area contributed by atoms with Crippen LogP contribution in [-0.4, -0.2) is 183 Å². The van der Waals surface area contributed by atoms with E-state index in [1.165, 1.54) is 25.9 Å². The van der Waals surface area contributed by atoms with Gasteiger partial charge in [-0.05, 0) is 130 Å². The summed E-state index contributed by atoms with van der Waals surface area (Å²) in [5, 5.41) is 9.75. The summed E-state index contributed by atoms with van der Waals surface area (Å²) >= 11 is 6.25. The van der Waals surface area contributed by atoms with Gasteiger partial charge in [0.1, 0.15) is 46.9 Å². The van der Waals surface area contributed by atoms with Crippen molar-refractivity contribution in [3.8, 4) is 0 Å². The Labute approximate surface area is 558 Å². The molecule has 0 radical (unpaired) electrons. The molecule has 0 spiro atoms. The summed E-state index contributed by atoms with van der Waals surface area (Å²) in [5.74, 6) is -4.44. The van der Waals surface area contributed by atoms with Crippen LogP contribution in [0.2, 0.25) is 5.02 Å². The zero-order chi connectivity index (χ0) is 68.0. The van der Waals surface area contributed by atoms with Crippen molar-refractivity contribution in [3.05, 3.63) is 82.5 Å². The molecule has 2 heterocycles. The quantitative estimate of drug-likeness (QED) is 0.0255. The number of rotatable bonds is 34. The number of Topliss-reactive ketones (excluding diaryl/α,β-unsaturated/α-hetero) is 2. The van der Waals surface area contributed by atoms with Gasteiger partial charge in [0.15, 0.2) is 6.10 Å². The van der Waals surface area contributed by atoms with Gasteiger partial charge in [-0.25, -0.2) is 14.6 Å². The number of pyridine rings is 1. The number of carbonyl (C=O) groups is 9. The standard InChI is InChI=1S/C68H103ClN6O15S2/c1-12-47(5)61-64(80)71-51(9)68(84)90-62(48(6)13-2)49(7)21-19-22-50(8)67(83)89-58(43-46(3)4)63(79)72-56(65(81)75(11)57(44-52-27-29-53(69)30-28-52)66(82)74(10)45-59(78)73-61)25-16-14-15-23-54(76)31-35-86-37-39-88-41-40-87-38-36-85-34-20-24-55(77)32-42-91-92-60-26-17-18-33-70-60/h13,17-18,22,26-30,33,46-47,49,51,56-58,61-62H,12,14-16,19-21,23-25,31-32,34-45H2,1-11H3,(H,71,80)(H,72,79)(H,73,78)/b48-13+,50-22+/t47-,49+,51-,56+,57-,58-,61+,62-/m1/s1. The molecule has 8 atom stereocenters. The number of likely N-dealkylation sites (N-methyl/N-ethyl adjacent to an activating group) is 2. The van der Waals surface area contributed by atoms with Gasteiger partial charge in [-0.1, -0.05) is 107 Å². The maximum atomic E-state index is 15.0. The Bertz CT molecular complexity index is 2670. The third-order valence-electron chi connectivity index (χ3n) is 15.7. The number of benzene rings is 1. The summed E-state index contributed by atoms with van der Waals surface area (Å²) in [6, 6.07) is 7.84. The molecule has 2 aromatic rings. The first kappa shape index (κ1) is 80.5. The molecular formula is C68H103ClN6O15S2. The van der Waals surface area contributed by atoms with Crippen molar-refractivity contribution in [2.75, 3.05) is 79.2 Å². The average Bonchev–Trinajstić information content (AvgIpc) is 1.34. The highest BCUT2D eigenvalue weighted by atomic mass is 35.5. The Morgan fingerprint density at radius 3 is 2.04 bits per heavy atom. The SMILES string of the molecule is C/C=C(\C)[C@H]1OC(=O)[C@@H](C)NC(=O)[C@H]([C@H](C)CC)NC(=O)CN(C)C(=O)[C@@H](Cc2ccc(Cl)cc2)N(C)C(=O)[C@H](CCCCCC(=O)CCOCCOCCOCCOCCCC(=O)CCSSc2ccccn2)NC(=O)[C@@H](CC(C)C)OC(=O)/C(C)=C/CC[C@@H]1C. The second-order valence-corrected chi connectivity index (χ2v) is 26.7. The fourth-order valence-corrected chi connectivity index (χ4v) is 11.8. The number of halogens is 1. The molecule has 1 aromatic carbocycles. The van der Waals surface area contributed by atoms with E-state index < -0.39 is 90.3 Å². The van der Waals surface area contributed by atoms with E-state index in [-0.39, 0.29) is 67.7 Å². The second-order valence-electron chi connectivity index (χ2n) is 23.9. The highest BCUT2D eigenvalue weighted by Crippen LogP contribution is 2.30. The van der Waals surface area contributed by atoms with E-state index in [1.54, 1.807) is 72.0 Å². The zero-order valence-corrected chi connectivity index (χ0v) is 58.5. The first-order valence-electron chi connectivity index (χ1n) is 32.4. The van der Waals surface area contributed by atoms with Crippen LogP contribution >= 0.6 is 33.2 Å². The van der Waals surface area contributed by atoms with E-state index >= 15 is 4.79 Å². The molecule has 0 fully saturated rings. The van der Waals surface area contributed by atoms with Gasteiger partial charge in [0, 0.05) is 75.4 Å². The lowest BCUT2D eigenvalue weighted by Gasteiger charge is -2.34. The van der Waals surface area contributed by atoms with Crippen LogP contribution in [0.5, 0.6) is 0 Å². The highest BCUT2D eigenvalue weighted by Gasteiger charge is 2.37. The van der Waals surface area contributed by atoms with Gasteiger partial charge in [0.25, 0.3) is 5.91 Å². The molecule has 1 aliphatic heterocycles. The molecule has 0 saturated heterocycles. The van der Waals surface area contributed by atoms with E-state index in [0.29, 0.717) is 115 Å². The number of hydrogen-bond acceptors (Lipinski definition) is 18. The lowest BCUT2D eigenvalue weighted by atomic mass is 9.93. The van der Waals surface area contributed by atoms with Gasteiger partial charge < -0.3 is 54.2 Å². The minimum Gasteiger partial charge on any atom is -0.456 e. The number of hydrogen-bond donors (Lipinski definition) is 3. The lowest BCUT2D eigenvalue weighted by molar-refractivity contribution is -0.154. The first-order valence-corrected chi connectivity index (χ1v) is 35.1. The first-order chi connectivity index (χ1) is 43.9. The topological polar surface area (TPSA) is 264 Å². The molecular weight excluding hydrogens is 1240 g/mol. The molecule has 3 rings (SSSR count). The number of nitrogens with one attached hydrogen (secondary N) is 3. The van der Waals surface area contributed by atoms with Crippen LogP contribution in [0.4, 0.5) is 0 Å². The molecule has 24 heteroatoms. The molecule has 1 aromatic heterocycles. The maximum absolute atomic E-state index is 15.0. The predicted molar refractivity (Wildman–Crippen MR) is 358 cm³/mol. The van der Waals surface area contributed by atoms with Crippen LogP contribution in [0.3, 0.4) is 0 Å². The molecule has 1 aliphatic rings. The average molecular weight is 1340 g/mol. The smallest absolute Gasteiger partial charge is 0.334 e. The van der Waals surface area contributed by atoms with Gasteiger partial charge in [-0.3, -0.25) is 33.6 Å². The third-order valence-corrected chi connectivity index (χ3v) is 18.2. The molecule has 0 unspecified atom stereocenters. The molecule has 21 nitrogen and oxygen atoms in total. The molecule has 0 bridgehead atoms. The Morgan fingerprint density at radius 2 is 1.41 bits per heavy atom. The predicted octanol–water partition coefficient (Wildman–Crippen LogP) is 9.45. The highest BCUT2D eigenvalue weighted by molar-refractivity contribution is 8.76. The summed E-state index contributed by atoms with van der Waals surface area (Å²) in [4.78, 5) is 131. The number of nitrogens with zero attached hydrogens (tertiary/aromatic N) is 3. The van der Waals surface area contributed by atoms with Crippen molar-refractivity contribution in [3.63, 3.8) is 0 Å². The molecule has 3 N–H and O–H groups in total. The Hall–Kier alpha value is -5.69. The normalized spacial score (nSPS) is 21.8. The Balaban J connectivity index is 1.67. The van der Waals surface area contributed by atoms with Crippen molar-refractivity contribution >= 4 is 86.2 Å². The van der Waals surface area contributed by atoms with Gasteiger partial charge >= 0.3 is 11.9 Å². The molecule has 5 amide bonds. The second kappa shape index (κ2) is 45.6. The van der Waals surface area contributed by atoms with E-state index in [4.69, 9.17) is 40.0 Å². The summed E-state index contributed by atoms with van der Waals surface area (Å²) in [6.07, 6.45) is 8.41. The number of carbonyl (C=O) groups excluding carboxylic acids is 9. The van der Waals surface area contributed by atoms with E-state index in [9.17, 15) is 38.4 Å². The van der Waals surface area contributed by atoms with Crippen LogP contribution in [0, 0.1) is 17.8 Å². The Kier molecular flexibility index (Phi) is 39.9. The van der Waals surface area contributed by atoms with Crippen molar-refractivity contribution in [2.24, 2.45) is 17.8 Å². The van der Waals surface area contributed by atoms with Gasteiger partial charge in [-0.15, -0.1) is 0 Å². The Morgan fingerprint density at radius 1 is 0.772 bits per heavy atom. The number of esters is 2. The molecule has 0 aliphatic carbocycles. The van der Waals surface area contributed by atoms with Gasteiger partial charge in [-0.2, -0.15) is 0 Å². The summed E-state index contributed by atoms with van der Waals surface area (Å²) < 4.78 is 34.4. The van der Waals surface area contributed by atoms with Gasteiger partial charge in [0.2, 0.25) is 23.6 Å². The summed E-state index contributed by atoms with van der Waals surface area (Å²) in [5.41, 5.74) is 1.67. The van der Waals surface area contributed by atoms with Crippen LogP contribution < -0.4 is 16.0 Å². The minimum absolute atomic E-state index is 0.000927. The monoisotopic (exact) mass is 1340 g/mol. The summed E-state index contributed by atoms with van der Waals surface area (Å²) in [7, 11) is 6.05. The minimum atomic E-state index is -1.30. The van der Waals surface area contributed by atoms with Crippen LogP contribution in [-0.2, 0) is 78.0 Å². The van der Waals surface area contributed by atoms with Crippen molar-refractivity contribution in [1.29, 1.82) is 0 Å². The fraction of sp³-hybridized carbons (Fsp3) is 0.647. The van der Waals surface area contributed by atoms with Crippen LogP contribution in [0.25, 0.3) is 0 Å². The number of aromatic nitrogens is 1. The van der Waals surface area contributed by atoms with Crippen molar-refractivity contribution < 1.29 is 71.6 Å². The molecule has 92 heavy (non-hydrogen) atoms. The van der Waals surface area contributed by atoms with Crippen LogP contribution in [0.1, 0.15) is 151 Å². The number of ketones is 2. The number of ether oxygens (including phenoxy) is 6. The van der Waals surface area contributed by atoms with E-state index in [0.717, 1.165) is 21.3 Å². The lowest BCUT2D eigenvalue weighted by Crippen LogP contribution is -2.58. The van der Waals surface area contributed by atoms with Crippen LogP contribution in [0.15, 0.2) is 77.0 Å². The molecule has 0 saturated carbocycles. The van der Waals surface area contributed by atoms with E-state index in [1.807, 2.05) is 65.8 Å². The summed E-state index contributed by atoms with van der Waals surface area (Å²) in [6.45, 7) is 18.5. The van der Waals surface area contributed by atoms with Crippen molar-refractivity contribution in [1.82, 2.24) is 30.7 Å².